The molecule has 0 aromatic carbocycles. The van der Waals surface area contributed by atoms with Crippen molar-refractivity contribution in [3.8, 4) is 0 Å². The SMILES string of the molecule is O=C(C1CCCCC1)C1CCOC2(CCCCC2)C1. The van der Waals surface area contributed by atoms with Gasteiger partial charge in [0.15, 0.2) is 0 Å². The Hall–Kier alpha value is -0.370. The van der Waals surface area contributed by atoms with Crippen molar-refractivity contribution in [3.63, 3.8) is 0 Å². The summed E-state index contributed by atoms with van der Waals surface area (Å²) in [7, 11) is 0. The highest BCUT2D eigenvalue weighted by molar-refractivity contribution is 5.83. The Morgan fingerprint density at radius 2 is 1.53 bits per heavy atom. The summed E-state index contributed by atoms with van der Waals surface area (Å²) >= 11 is 0. The quantitative estimate of drug-likeness (QED) is 0.744. The molecule has 0 N–H and O–H groups in total. The molecule has 1 heterocycles. The van der Waals surface area contributed by atoms with E-state index in [2.05, 4.69) is 0 Å². The van der Waals surface area contributed by atoms with Crippen LogP contribution in [0.1, 0.15) is 77.0 Å². The number of rotatable bonds is 2. The van der Waals surface area contributed by atoms with Crippen molar-refractivity contribution < 1.29 is 9.53 Å². The Morgan fingerprint density at radius 3 is 2.26 bits per heavy atom. The second-order valence-corrected chi connectivity index (χ2v) is 7.02. The summed E-state index contributed by atoms with van der Waals surface area (Å²) in [6, 6.07) is 0. The molecule has 2 heteroatoms. The van der Waals surface area contributed by atoms with E-state index in [0.717, 1.165) is 32.3 Å². The summed E-state index contributed by atoms with van der Waals surface area (Å²) in [5, 5.41) is 0. The van der Waals surface area contributed by atoms with Crippen molar-refractivity contribution in [1.82, 2.24) is 0 Å². The Labute approximate surface area is 117 Å². The van der Waals surface area contributed by atoms with Crippen molar-refractivity contribution in [2.45, 2.75) is 82.7 Å². The van der Waals surface area contributed by atoms with Gasteiger partial charge in [-0.3, -0.25) is 4.79 Å². The minimum absolute atomic E-state index is 0.0888. The molecule has 3 aliphatic rings. The van der Waals surface area contributed by atoms with Crippen molar-refractivity contribution in [1.29, 1.82) is 0 Å². The van der Waals surface area contributed by atoms with Crippen LogP contribution in [0.15, 0.2) is 0 Å². The molecule has 3 fully saturated rings. The Morgan fingerprint density at radius 1 is 0.842 bits per heavy atom. The monoisotopic (exact) mass is 264 g/mol. The van der Waals surface area contributed by atoms with Gasteiger partial charge in [-0.15, -0.1) is 0 Å². The van der Waals surface area contributed by atoms with Gasteiger partial charge in [0.05, 0.1) is 5.60 Å². The maximum absolute atomic E-state index is 12.7. The van der Waals surface area contributed by atoms with Gasteiger partial charge in [0, 0.05) is 18.4 Å². The van der Waals surface area contributed by atoms with Gasteiger partial charge in [0.25, 0.3) is 0 Å². The van der Waals surface area contributed by atoms with Gasteiger partial charge in [0.2, 0.25) is 0 Å². The molecule has 0 aromatic rings. The molecule has 1 aliphatic heterocycles. The highest BCUT2D eigenvalue weighted by Gasteiger charge is 2.41. The topological polar surface area (TPSA) is 26.3 Å². The van der Waals surface area contributed by atoms with Crippen LogP contribution >= 0.6 is 0 Å². The van der Waals surface area contributed by atoms with Gasteiger partial charge < -0.3 is 4.74 Å². The molecule has 1 unspecified atom stereocenters. The second-order valence-electron chi connectivity index (χ2n) is 7.02. The van der Waals surface area contributed by atoms with Crippen LogP contribution in [0, 0.1) is 11.8 Å². The van der Waals surface area contributed by atoms with Crippen LogP contribution in [0.25, 0.3) is 0 Å². The lowest BCUT2D eigenvalue weighted by Gasteiger charge is -2.43. The predicted molar refractivity (Wildman–Crippen MR) is 76.1 cm³/mol. The van der Waals surface area contributed by atoms with E-state index in [1.165, 1.54) is 51.4 Å². The van der Waals surface area contributed by atoms with E-state index in [9.17, 15) is 4.79 Å². The minimum atomic E-state index is 0.0888. The molecule has 0 bridgehead atoms. The molecule has 1 saturated heterocycles. The van der Waals surface area contributed by atoms with Crippen LogP contribution in [0.4, 0.5) is 0 Å². The Bertz CT molecular complexity index is 306. The molecule has 0 aromatic heterocycles. The van der Waals surface area contributed by atoms with Gasteiger partial charge in [-0.2, -0.15) is 0 Å². The lowest BCUT2D eigenvalue weighted by molar-refractivity contribution is -0.146. The van der Waals surface area contributed by atoms with Gasteiger partial charge in [-0.05, 0) is 38.5 Å². The zero-order chi connectivity index (χ0) is 13.1. The van der Waals surface area contributed by atoms with Crippen LogP contribution in [0.2, 0.25) is 0 Å². The van der Waals surface area contributed by atoms with Gasteiger partial charge >= 0.3 is 0 Å². The first kappa shape index (κ1) is 13.6. The summed E-state index contributed by atoms with van der Waals surface area (Å²) in [5.74, 6) is 1.29. The average Bonchev–Trinajstić information content (AvgIpc) is 2.48. The highest BCUT2D eigenvalue weighted by atomic mass is 16.5. The zero-order valence-electron chi connectivity index (χ0n) is 12.2. The second kappa shape index (κ2) is 5.95. The molecule has 0 radical (unpaired) electrons. The maximum Gasteiger partial charge on any atom is 0.139 e. The number of hydrogen-bond donors (Lipinski definition) is 0. The number of hydrogen-bond acceptors (Lipinski definition) is 2. The van der Waals surface area contributed by atoms with Crippen molar-refractivity contribution >= 4 is 5.78 Å². The first-order valence-electron chi connectivity index (χ1n) is 8.47. The van der Waals surface area contributed by atoms with Gasteiger partial charge in [-0.25, -0.2) is 0 Å². The number of Topliss-reactive ketones (excluding diaryl/α,β-unsaturated/α-hetero) is 1. The van der Waals surface area contributed by atoms with Crippen LogP contribution in [-0.4, -0.2) is 18.0 Å². The normalized spacial score (nSPS) is 32.3. The largest absolute Gasteiger partial charge is 0.375 e. The molecule has 3 rings (SSSR count). The zero-order valence-corrected chi connectivity index (χ0v) is 12.2. The Balaban J connectivity index is 1.62. The van der Waals surface area contributed by atoms with Crippen LogP contribution in [0.3, 0.4) is 0 Å². The van der Waals surface area contributed by atoms with Crippen LogP contribution < -0.4 is 0 Å². The summed E-state index contributed by atoms with van der Waals surface area (Å²) in [4.78, 5) is 12.7. The third-order valence-corrected chi connectivity index (χ3v) is 5.67. The molecule has 0 amide bonds. The molecule has 19 heavy (non-hydrogen) atoms. The fourth-order valence-corrected chi connectivity index (χ4v) is 4.54. The van der Waals surface area contributed by atoms with Gasteiger partial charge in [0.1, 0.15) is 5.78 Å². The molecule has 2 nitrogen and oxygen atoms in total. The number of carbonyl (C=O) groups is 1. The minimum Gasteiger partial charge on any atom is -0.375 e. The fraction of sp³-hybridized carbons (Fsp3) is 0.941. The van der Waals surface area contributed by atoms with E-state index in [0.29, 0.717) is 17.6 Å². The molecule has 1 atom stereocenters. The van der Waals surface area contributed by atoms with E-state index < -0.39 is 0 Å². The average molecular weight is 264 g/mol. The standard InChI is InChI=1S/C17H28O2/c18-16(14-7-3-1-4-8-14)15-9-12-19-17(13-15)10-5-2-6-11-17/h14-15H,1-13H2. The van der Waals surface area contributed by atoms with E-state index >= 15 is 0 Å². The van der Waals surface area contributed by atoms with E-state index in [1.54, 1.807) is 0 Å². The number of ketones is 1. The number of ether oxygens (including phenoxy) is 1. The van der Waals surface area contributed by atoms with E-state index in [1.807, 2.05) is 0 Å². The summed E-state index contributed by atoms with van der Waals surface area (Å²) in [6.07, 6.45) is 14.5. The first-order chi connectivity index (χ1) is 9.29. The lowest BCUT2D eigenvalue weighted by Crippen LogP contribution is -2.44. The molecule has 2 saturated carbocycles. The fourth-order valence-electron chi connectivity index (χ4n) is 4.54. The summed E-state index contributed by atoms with van der Waals surface area (Å²) in [6.45, 7) is 0.823. The van der Waals surface area contributed by atoms with Crippen molar-refractivity contribution in [3.05, 3.63) is 0 Å². The van der Waals surface area contributed by atoms with Crippen LogP contribution in [0.5, 0.6) is 0 Å². The molecular weight excluding hydrogens is 236 g/mol. The third-order valence-electron chi connectivity index (χ3n) is 5.67. The van der Waals surface area contributed by atoms with Gasteiger partial charge in [-0.1, -0.05) is 38.5 Å². The van der Waals surface area contributed by atoms with Crippen molar-refractivity contribution in [2.75, 3.05) is 6.61 Å². The molecular formula is C17H28O2. The lowest BCUT2D eigenvalue weighted by atomic mass is 9.72. The predicted octanol–water partition coefficient (Wildman–Crippen LogP) is 4.27. The summed E-state index contributed by atoms with van der Waals surface area (Å²) < 4.78 is 6.12. The molecule has 1 spiro atoms. The van der Waals surface area contributed by atoms with Crippen LogP contribution in [-0.2, 0) is 9.53 Å². The Kier molecular flexibility index (Phi) is 4.26. The van der Waals surface area contributed by atoms with E-state index in [-0.39, 0.29) is 5.60 Å². The third kappa shape index (κ3) is 3.04. The van der Waals surface area contributed by atoms with E-state index in [4.69, 9.17) is 4.74 Å². The molecule has 108 valence electrons. The number of carbonyl (C=O) groups excluding carboxylic acids is 1. The highest BCUT2D eigenvalue weighted by Crippen LogP contribution is 2.42. The maximum atomic E-state index is 12.7. The molecule has 2 aliphatic carbocycles. The smallest absolute Gasteiger partial charge is 0.139 e. The summed E-state index contributed by atoms with van der Waals surface area (Å²) in [5.41, 5.74) is 0.0888. The van der Waals surface area contributed by atoms with Crippen molar-refractivity contribution in [2.24, 2.45) is 11.8 Å². The first-order valence-corrected chi connectivity index (χ1v) is 8.47.